The van der Waals surface area contributed by atoms with E-state index in [1.54, 1.807) is 24.3 Å². The predicted octanol–water partition coefficient (Wildman–Crippen LogP) is 3.81. The summed E-state index contributed by atoms with van der Waals surface area (Å²) in [4.78, 5) is 23.0. The molecule has 2 aromatic rings. The molecule has 0 atom stereocenters. The molecule has 26 heavy (non-hydrogen) atoms. The number of nitrogens with one attached hydrogen (secondary N) is 1. The number of rotatable bonds is 9. The van der Waals surface area contributed by atoms with Gasteiger partial charge in [0, 0.05) is 25.1 Å². The zero-order valence-corrected chi connectivity index (χ0v) is 15.0. The lowest BCUT2D eigenvalue weighted by atomic mass is 10.3. The van der Waals surface area contributed by atoms with Crippen molar-refractivity contribution in [3.8, 4) is 17.2 Å². The van der Waals surface area contributed by atoms with Crippen LogP contribution in [0.5, 0.6) is 17.2 Å². The second-order valence-electron chi connectivity index (χ2n) is 5.51. The van der Waals surface area contributed by atoms with Crippen LogP contribution in [0, 0.1) is 0 Å². The molecule has 1 amide bonds. The van der Waals surface area contributed by atoms with Gasteiger partial charge in [0.1, 0.15) is 5.75 Å². The average molecular weight is 357 g/mol. The van der Waals surface area contributed by atoms with Gasteiger partial charge in [0.25, 0.3) is 0 Å². The zero-order valence-electron chi connectivity index (χ0n) is 15.0. The van der Waals surface area contributed by atoms with Crippen molar-refractivity contribution in [2.24, 2.45) is 0 Å². The third kappa shape index (κ3) is 6.47. The standard InChI is InChI=1S/C20H23NO5/c1-3-24-18-10-4-5-11-19(18)25-13-7-12-20(23)26-17-9-6-8-16(14-17)21-15(2)22/h4-6,8-11,14H,3,7,12-13H2,1-2H3,(H,21,22). The molecule has 0 saturated heterocycles. The van der Waals surface area contributed by atoms with E-state index in [0.717, 1.165) is 0 Å². The molecule has 0 aromatic heterocycles. The molecule has 0 spiro atoms. The zero-order chi connectivity index (χ0) is 18.8. The largest absolute Gasteiger partial charge is 0.490 e. The summed E-state index contributed by atoms with van der Waals surface area (Å²) in [5.74, 6) is 1.20. The normalized spacial score (nSPS) is 10.1. The molecule has 138 valence electrons. The molecular weight excluding hydrogens is 334 g/mol. The number of carbonyl (C=O) groups excluding carboxylic acids is 2. The highest BCUT2D eigenvalue weighted by atomic mass is 16.5. The first-order valence-electron chi connectivity index (χ1n) is 8.51. The SMILES string of the molecule is CCOc1ccccc1OCCCC(=O)Oc1cccc(NC(C)=O)c1. The highest BCUT2D eigenvalue weighted by Crippen LogP contribution is 2.26. The van der Waals surface area contributed by atoms with E-state index in [1.165, 1.54) is 6.92 Å². The van der Waals surface area contributed by atoms with Crippen LogP contribution in [0.15, 0.2) is 48.5 Å². The Kier molecular flexibility index (Phi) is 7.49. The minimum Gasteiger partial charge on any atom is -0.490 e. The number of carbonyl (C=O) groups is 2. The molecule has 6 heteroatoms. The number of anilines is 1. The molecule has 0 aliphatic rings. The van der Waals surface area contributed by atoms with Crippen molar-refractivity contribution in [3.63, 3.8) is 0 Å². The maximum absolute atomic E-state index is 11.9. The van der Waals surface area contributed by atoms with Crippen molar-refractivity contribution < 1.29 is 23.8 Å². The fourth-order valence-corrected chi connectivity index (χ4v) is 2.27. The van der Waals surface area contributed by atoms with E-state index < -0.39 is 0 Å². The van der Waals surface area contributed by atoms with Crippen molar-refractivity contribution in [3.05, 3.63) is 48.5 Å². The summed E-state index contributed by atoms with van der Waals surface area (Å²) in [6, 6.07) is 14.1. The van der Waals surface area contributed by atoms with Crippen LogP contribution in [0.25, 0.3) is 0 Å². The maximum Gasteiger partial charge on any atom is 0.311 e. The molecule has 0 unspecified atom stereocenters. The summed E-state index contributed by atoms with van der Waals surface area (Å²) in [5, 5.41) is 2.64. The van der Waals surface area contributed by atoms with Gasteiger partial charge in [0.05, 0.1) is 13.2 Å². The van der Waals surface area contributed by atoms with Crippen LogP contribution in [0.4, 0.5) is 5.69 Å². The summed E-state index contributed by atoms with van der Waals surface area (Å²) >= 11 is 0. The predicted molar refractivity (Wildman–Crippen MR) is 98.7 cm³/mol. The van der Waals surface area contributed by atoms with Crippen molar-refractivity contribution >= 4 is 17.6 Å². The Morgan fingerprint density at radius 3 is 2.42 bits per heavy atom. The molecule has 0 radical (unpaired) electrons. The summed E-state index contributed by atoms with van der Waals surface area (Å²) in [5.41, 5.74) is 0.582. The Morgan fingerprint density at radius 2 is 1.73 bits per heavy atom. The third-order valence-electron chi connectivity index (χ3n) is 3.32. The summed E-state index contributed by atoms with van der Waals surface area (Å²) in [6.07, 6.45) is 0.742. The van der Waals surface area contributed by atoms with Gasteiger partial charge in [0.2, 0.25) is 5.91 Å². The molecule has 6 nitrogen and oxygen atoms in total. The minimum absolute atomic E-state index is 0.182. The van der Waals surface area contributed by atoms with E-state index in [9.17, 15) is 9.59 Å². The fraction of sp³-hybridized carbons (Fsp3) is 0.300. The van der Waals surface area contributed by atoms with Crippen LogP contribution in [-0.2, 0) is 9.59 Å². The van der Waals surface area contributed by atoms with Crippen LogP contribution in [0.2, 0.25) is 0 Å². The molecular formula is C20H23NO5. The average Bonchev–Trinajstić information content (AvgIpc) is 2.60. The second-order valence-corrected chi connectivity index (χ2v) is 5.51. The Bertz CT molecular complexity index is 744. The van der Waals surface area contributed by atoms with E-state index in [0.29, 0.717) is 42.6 Å². The number of hydrogen-bond acceptors (Lipinski definition) is 5. The molecule has 0 saturated carbocycles. The van der Waals surface area contributed by atoms with Crippen LogP contribution in [0.1, 0.15) is 26.7 Å². The molecule has 0 heterocycles. The van der Waals surface area contributed by atoms with Crippen LogP contribution >= 0.6 is 0 Å². The topological polar surface area (TPSA) is 73.9 Å². The number of esters is 1. The monoisotopic (exact) mass is 357 g/mol. The van der Waals surface area contributed by atoms with Gasteiger partial charge < -0.3 is 19.5 Å². The summed E-state index contributed by atoms with van der Waals surface area (Å²) < 4.78 is 16.4. The Labute approximate surface area is 153 Å². The van der Waals surface area contributed by atoms with Crippen LogP contribution in [0.3, 0.4) is 0 Å². The van der Waals surface area contributed by atoms with Crippen molar-refractivity contribution in [2.45, 2.75) is 26.7 Å². The van der Waals surface area contributed by atoms with Gasteiger partial charge in [-0.05, 0) is 37.6 Å². The van der Waals surface area contributed by atoms with Crippen molar-refractivity contribution in [1.29, 1.82) is 0 Å². The van der Waals surface area contributed by atoms with Gasteiger partial charge in [-0.15, -0.1) is 0 Å². The first-order valence-corrected chi connectivity index (χ1v) is 8.51. The molecule has 0 aliphatic heterocycles. The summed E-state index contributed by atoms with van der Waals surface area (Å²) in [6.45, 7) is 4.27. The van der Waals surface area contributed by atoms with Crippen LogP contribution in [-0.4, -0.2) is 25.1 Å². The van der Waals surface area contributed by atoms with E-state index in [4.69, 9.17) is 14.2 Å². The quantitative estimate of drug-likeness (QED) is 0.420. The van der Waals surface area contributed by atoms with E-state index in [-0.39, 0.29) is 18.3 Å². The minimum atomic E-state index is -0.355. The van der Waals surface area contributed by atoms with Gasteiger partial charge in [0.15, 0.2) is 11.5 Å². The van der Waals surface area contributed by atoms with E-state index >= 15 is 0 Å². The highest BCUT2D eigenvalue weighted by molar-refractivity contribution is 5.89. The van der Waals surface area contributed by atoms with Gasteiger partial charge in [-0.3, -0.25) is 9.59 Å². The smallest absolute Gasteiger partial charge is 0.311 e. The van der Waals surface area contributed by atoms with Gasteiger partial charge in [-0.2, -0.15) is 0 Å². The molecule has 0 fully saturated rings. The van der Waals surface area contributed by atoms with Gasteiger partial charge in [-0.1, -0.05) is 18.2 Å². The highest BCUT2D eigenvalue weighted by Gasteiger charge is 2.08. The molecule has 0 bridgehead atoms. The fourth-order valence-electron chi connectivity index (χ4n) is 2.27. The molecule has 2 aromatic carbocycles. The van der Waals surface area contributed by atoms with E-state index in [2.05, 4.69) is 5.32 Å². The number of ether oxygens (including phenoxy) is 3. The number of amides is 1. The first-order chi connectivity index (χ1) is 12.6. The lowest BCUT2D eigenvalue weighted by Gasteiger charge is -2.11. The van der Waals surface area contributed by atoms with E-state index in [1.807, 2.05) is 31.2 Å². The lowest BCUT2D eigenvalue weighted by molar-refractivity contribution is -0.134. The Morgan fingerprint density at radius 1 is 1.00 bits per heavy atom. The number of para-hydroxylation sites is 2. The molecule has 0 aliphatic carbocycles. The van der Waals surface area contributed by atoms with Crippen molar-refractivity contribution in [1.82, 2.24) is 0 Å². The lowest BCUT2D eigenvalue weighted by Crippen LogP contribution is -2.11. The summed E-state index contributed by atoms with van der Waals surface area (Å²) in [7, 11) is 0. The second kappa shape index (κ2) is 10.1. The maximum atomic E-state index is 11.9. The van der Waals surface area contributed by atoms with Crippen LogP contribution < -0.4 is 19.5 Å². The van der Waals surface area contributed by atoms with Gasteiger partial charge >= 0.3 is 5.97 Å². The third-order valence-corrected chi connectivity index (χ3v) is 3.32. The Hall–Kier alpha value is -3.02. The number of hydrogen-bond donors (Lipinski definition) is 1. The van der Waals surface area contributed by atoms with Gasteiger partial charge in [-0.25, -0.2) is 0 Å². The first kappa shape index (κ1) is 19.3. The molecule has 1 N–H and O–H groups in total. The number of benzene rings is 2. The molecule has 2 rings (SSSR count). The Balaban J connectivity index is 1.76. The van der Waals surface area contributed by atoms with Crippen molar-refractivity contribution in [2.75, 3.05) is 18.5 Å².